The topological polar surface area (TPSA) is 99.3 Å². The van der Waals surface area contributed by atoms with E-state index in [1.165, 1.54) is 24.8 Å². The fourth-order valence-corrected chi connectivity index (χ4v) is 4.56. The molecule has 198 valence electrons. The lowest BCUT2D eigenvalue weighted by Gasteiger charge is -2.39. The smallest absolute Gasteiger partial charge is 0.225 e. The number of piperazine rings is 1. The Morgan fingerprint density at radius 3 is 2.30 bits per heavy atom. The van der Waals surface area contributed by atoms with Crippen LogP contribution in [0.1, 0.15) is 27.7 Å². The number of rotatable bonds is 8. The zero-order valence-corrected chi connectivity index (χ0v) is 22.2. The van der Waals surface area contributed by atoms with Crippen molar-refractivity contribution in [1.82, 2.24) is 24.8 Å². The second kappa shape index (κ2) is 11.4. The summed E-state index contributed by atoms with van der Waals surface area (Å²) in [5, 5.41) is 2.99. The summed E-state index contributed by atoms with van der Waals surface area (Å²) >= 11 is 6.06. The van der Waals surface area contributed by atoms with Gasteiger partial charge in [0, 0.05) is 69.3 Å². The molecule has 0 aliphatic carbocycles. The molecule has 1 aliphatic heterocycles. The third kappa shape index (κ3) is 5.52. The Labute approximate surface area is 220 Å². The molecule has 4 rings (SSSR count). The maximum atomic E-state index is 16.2. The summed E-state index contributed by atoms with van der Waals surface area (Å²) < 4.78 is 31.8. The predicted octanol–water partition coefficient (Wildman–Crippen LogP) is 4.57. The highest BCUT2D eigenvalue weighted by atomic mass is 35.5. The van der Waals surface area contributed by atoms with Gasteiger partial charge < -0.3 is 20.9 Å². The number of nitrogen functional groups attached to an aromatic ring is 1. The normalized spacial score (nSPS) is 14.3. The summed E-state index contributed by atoms with van der Waals surface area (Å²) in [5.74, 6) is -0.880. The van der Waals surface area contributed by atoms with Crippen LogP contribution in [-0.4, -0.2) is 70.1 Å². The Balaban J connectivity index is 1.79. The average molecular weight is 532 g/mol. The second-order valence-electron chi connectivity index (χ2n) is 9.05. The molecule has 1 aromatic carbocycles. The van der Waals surface area contributed by atoms with E-state index in [0.29, 0.717) is 43.9 Å². The van der Waals surface area contributed by atoms with Gasteiger partial charge >= 0.3 is 0 Å². The quantitative estimate of drug-likeness (QED) is 0.405. The Kier molecular flexibility index (Phi) is 8.23. The fourth-order valence-electron chi connectivity index (χ4n) is 4.43. The van der Waals surface area contributed by atoms with Gasteiger partial charge in [-0.3, -0.25) is 4.90 Å². The molecule has 0 spiro atoms. The van der Waals surface area contributed by atoms with Crippen LogP contribution in [0.2, 0.25) is 5.15 Å². The van der Waals surface area contributed by atoms with Crippen LogP contribution in [-0.2, 0) is 0 Å². The minimum atomic E-state index is -0.797. The first-order valence-corrected chi connectivity index (χ1v) is 12.7. The van der Waals surface area contributed by atoms with Gasteiger partial charge in [-0.05, 0) is 27.7 Å². The van der Waals surface area contributed by atoms with Gasteiger partial charge in [0.05, 0.1) is 11.3 Å². The summed E-state index contributed by atoms with van der Waals surface area (Å²) in [7, 11) is 0. The highest BCUT2D eigenvalue weighted by Crippen LogP contribution is 2.40. The van der Waals surface area contributed by atoms with Crippen molar-refractivity contribution in [2.75, 3.05) is 60.1 Å². The molecule has 3 aromatic rings. The molecule has 0 radical (unpaired) electrons. The van der Waals surface area contributed by atoms with E-state index in [2.05, 4.69) is 44.0 Å². The van der Waals surface area contributed by atoms with Crippen LogP contribution in [0.4, 0.5) is 37.6 Å². The molecule has 0 amide bonds. The molecule has 3 N–H and O–H groups in total. The lowest BCUT2D eigenvalue weighted by atomic mass is 10.0. The predicted molar refractivity (Wildman–Crippen MR) is 145 cm³/mol. The molecule has 0 unspecified atom stereocenters. The zero-order chi connectivity index (χ0) is 26.7. The molecule has 12 heteroatoms. The monoisotopic (exact) mass is 531 g/mol. The number of hydrogen-bond donors (Lipinski definition) is 2. The summed E-state index contributed by atoms with van der Waals surface area (Å²) in [5.41, 5.74) is 6.52. The largest absolute Gasteiger partial charge is 0.393 e. The van der Waals surface area contributed by atoms with E-state index in [-0.39, 0.29) is 33.5 Å². The first-order chi connectivity index (χ1) is 17.7. The minimum Gasteiger partial charge on any atom is -0.393 e. The van der Waals surface area contributed by atoms with Crippen LogP contribution in [0, 0.1) is 11.6 Å². The van der Waals surface area contributed by atoms with Gasteiger partial charge in [-0.15, -0.1) is 0 Å². The average Bonchev–Trinajstić information content (AvgIpc) is 2.89. The van der Waals surface area contributed by atoms with Crippen molar-refractivity contribution in [3.8, 4) is 11.1 Å². The van der Waals surface area contributed by atoms with Gasteiger partial charge in [-0.2, -0.15) is 0 Å². The van der Waals surface area contributed by atoms with Gasteiger partial charge in [0.1, 0.15) is 23.5 Å². The van der Waals surface area contributed by atoms with E-state index in [1.54, 1.807) is 0 Å². The number of halogens is 3. The number of nitrogens with one attached hydrogen (secondary N) is 1. The van der Waals surface area contributed by atoms with Crippen LogP contribution in [0.3, 0.4) is 0 Å². The fraction of sp³-hybridized carbons (Fsp3) is 0.440. The number of benzene rings is 1. The van der Waals surface area contributed by atoms with Crippen molar-refractivity contribution >= 4 is 40.4 Å². The molecule has 1 fully saturated rings. The molecule has 2 aromatic heterocycles. The Morgan fingerprint density at radius 2 is 1.70 bits per heavy atom. The molecule has 0 bridgehead atoms. The Hall–Kier alpha value is -3.31. The maximum Gasteiger partial charge on any atom is 0.225 e. The maximum absolute atomic E-state index is 16.2. The molecule has 9 nitrogen and oxygen atoms in total. The van der Waals surface area contributed by atoms with Crippen LogP contribution in [0.5, 0.6) is 0 Å². The molecular weight excluding hydrogens is 500 g/mol. The summed E-state index contributed by atoms with van der Waals surface area (Å²) in [6, 6.07) is 1.72. The number of nitrogens with zero attached hydrogens (tertiary/aromatic N) is 7. The molecular formula is C25H32ClF2N9. The number of aromatic nitrogens is 4. The molecule has 1 saturated heterocycles. The SMILES string of the molecule is CCN(CC)c1ncc(-c2c(F)cc(N3CCN(C(C)C)CC3)c(Nc3ncnc(Cl)c3N)c2F)cn1. The van der Waals surface area contributed by atoms with Crippen molar-refractivity contribution in [1.29, 1.82) is 0 Å². The molecule has 0 saturated carbocycles. The van der Waals surface area contributed by atoms with Gasteiger partial charge in [0.2, 0.25) is 5.95 Å². The molecule has 37 heavy (non-hydrogen) atoms. The van der Waals surface area contributed by atoms with E-state index < -0.39 is 11.6 Å². The summed E-state index contributed by atoms with van der Waals surface area (Å²) in [6.07, 6.45) is 4.09. The summed E-state index contributed by atoms with van der Waals surface area (Å²) in [6.45, 7) is 12.4. The van der Waals surface area contributed by atoms with Crippen molar-refractivity contribution in [2.24, 2.45) is 0 Å². The van der Waals surface area contributed by atoms with Crippen LogP contribution in [0.25, 0.3) is 11.1 Å². The van der Waals surface area contributed by atoms with E-state index in [9.17, 15) is 0 Å². The zero-order valence-electron chi connectivity index (χ0n) is 21.5. The van der Waals surface area contributed by atoms with E-state index in [4.69, 9.17) is 17.3 Å². The first-order valence-electron chi connectivity index (χ1n) is 12.4. The van der Waals surface area contributed by atoms with Gasteiger partial charge in [0.15, 0.2) is 16.8 Å². The first kappa shape index (κ1) is 26.7. The number of nitrogens with two attached hydrogens (primary N) is 1. The van der Waals surface area contributed by atoms with Crippen molar-refractivity contribution in [3.63, 3.8) is 0 Å². The molecule has 1 aliphatic rings. The number of anilines is 5. The highest BCUT2D eigenvalue weighted by molar-refractivity contribution is 6.32. The Bertz CT molecular complexity index is 1230. The second-order valence-corrected chi connectivity index (χ2v) is 9.41. The Morgan fingerprint density at radius 1 is 1.05 bits per heavy atom. The van der Waals surface area contributed by atoms with E-state index in [1.807, 2.05) is 23.6 Å². The van der Waals surface area contributed by atoms with Gasteiger partial charge in [-0.25, -0.2) is 28.7 Å². The van der Waals surface area contributed by atoms with Crippen LogP contribution >= 0.6 is 11.6 Å². The third-order valence-electron chi connectivity index (χ3n) is 6.63. The molecule has 0 atom stereocenters. The van der Waals surface area contributed by atoms with E-state index >= 15 is 8.78 Å². The highest BCUT2D eigenvalue weighted by Gasteiger charge is 2.27. The van der Waals surface area contributed by atoms with Crippen molar-refractivity contribution in [2.45, 2.75) is 33.7 Å². The van der Waals surface area contributed by atoms with Crippen molar-refractivity contribution < 1.29 is 8.78 Å². The lowest BCUT2D eigenvalue weighted by Crippen LogP contribution is -2.49. The van der Waals surface area contributed by atoms with Crippen LogP contribution < -0.4 is 20.9 Å². The third-order valence-corrected chi connectivity index (χ3v) is 6.94. The standard InChI is InChI=1S/C25H32ClF2N9/c1-5-35(6-2)25-30-12-16(13-31-25)19-17(27)11-18(37-9-7-36(8-10-37)15(3)4)22(20(19)28)34-24-21(29)23(26)32-14-33-24/h11-15H,5-10,29H2,1-4H3,(H,32,33,34). The molecule has 3 heterocycles. The van der Waals surface area contributed by atoms with E-state index in [0.717, 1.165) is 13.1 Å². The van der Waals surface area contributed by atoms with Gasteiger partial charge in [-0.1, -0.05) is 11.6 Å². The van der Waals surface area contributed by atoms with Crippen LogP contribution in [0.15, 0.2) is 24.8 Å². The number of hydrogen-bond acceptors (Lipinski definition) is 9. The van der Waals surface area contributed by atoms with Gasteiger partial charge in [0.25, 0.3) is 0 Å². The van der Waals surface area contributed by atoms with Crippen molar-refractivity contribution in [3.05, 3.63) is 41.6 Å². The minimum absolute atomic E-state index is 0.0349. The lowest BCUT2D eigenvalue weighted by molar-refractivity contribution is 0.209. The summed E-state index contributed by atoms with van der Waals surface area (Å²) in [4.78, 5) is 22.9.